The van der Waals surface area contributed by atoms with Crippen molar-refractivity contribution in [3.05, 3.63) is 0 Å². The standard InChI is InChI=1S/C8H9F6NO/c1-15-4(2-3-5(15)16)7(10,11)6(9)8(12,13)14/h4,6H,2-3H2,1H3. The number of halogens is 6. The summed E-state index contributed by atoms with van der Waals surface area (Å²) in [7, 11) is 0.941. The van der Waals surface area contributed by atoms with E-state index in [9.17, 15) is 31.1 Å². The molecule has 1 rings (SSSR count). The smallest absolute Gasteiger partial charge is 0.337 e. The van der Waals surface area contributed by atoms with Gasteiger partial charge >= 0.3 is 12.1 Å². The van der Waals surface area contributed by atoms with Crippen LogP contribution in [0.1, 0.15) is 12.8 Å². The molecule has 1 aliphatic rings. The van der Waals surface area contributed by atoms with Gasteiger partial charge in [0.05, 0.1) is 6.04 Å². The Bertz CT molecular complexity index is 289. The third-order valence-corrected chi connectivity index (χ3v) is 2.56. The molecule has 0 aliphatic carbocycles. The maximum atomic E-state index is 13.2. The summed E-state index contributed by atoms with van der Waals surface area (Å²) in [5.41, 5.74) is 0. The Labute approximate surface area is 87.2 Å². The Morgan fingerprint density at radius 2 is 1.81 bits per heavy atom. The summed E-state index contributed by atoms with van der Waals surface area (Å²) in [6.45, 7) is 0. The van der Waals surface area contributed by atoms with Gasteiger partial charge in [0.25, 0.3) is 6.17 Å². The second kappa shape index (κ2) is 3.81. The molecule has 0 aromatic rings. The SMILES string of the molecule is CN1C(=O)CCC1C(F)(F)C(F)C(F)(F)F. The van der Waals surface area contributed by atoms with Crippen LogP contribution in [0.3, 0.4) is 0 Å². The Morgan fingerprint density at radius 1 is 1.31 bits per heavy atom. The van der Waals surface area contributed by atoms with Crippen molar-refractivity contribution in [3.8, 4) is 0 Å². The number of hydrogen-bond acceptors (Lipinski definition) is 1. The van der Waals surface area contributed by atoms with Gasteiger partial charge in [0.15, 0.2) is 0 Å². The van der Waals surface area contributed by atoms with Crippen LogP contribution in [0.25, 0.3) is 0 Å². The summed E-state index contributed by atoms with van der Waals surface area (Å²) in [6.07, 6.45) is -10.6. The molecule has 0 bridgehead atoms. The number of alkyl halides is 6. The fourth-order valence-electron chi connectivity index (χ4n) is 1.64. The number of hydrogen-bond donors (Lipinski definition) is 0. The number of likely N-dealkylation sites (tertiary alicyclic amines) is 1. The van der Waals surface area contributed by atoms with E-state index >= 15 is 0 Å². The van der Waals surface area contributed by atoms with E-state index in [1.165, 1.54) is 0 Å². The van der Waals surface area contributed by atoms with Crippen LogP contribution in [0, 0.1) is 0 Å². The molecule has 0 N–H and O–H groups in total. The molecule has 1 saturated heterocycles. The molecule has 16 heavy (non-hydrogen) atoms. The second-order valence-electron chi connectivity index (χ2n) is 3.64. The predicted molar refractivity (Wildman–Crippen MR) is 41.7 cm³/mol. The van der Waals surface area contributed by atoms with E-state index in [-0.39, 0.29) is 6.42 Å². The van der Waals surface area contributed by atoms with Crippen molar-refractivity contribution in [2.24, 2.45) is 0 Å². The number of carbonyl (C=O) groups excluding carboxylic acids is 1. The van der Waals surface area contributed by atoms with Crippen molar-refractivity contribution >= 4 is 5.91 Å². The molecule has 94 valence electrons. The molecule has 0 radical (unpaired) electrons. The van der Waals surface area contributed by atoms with Crippen molar-refractivity contribution in [3.63, 3.8) is 0 Å². The average molecular weight is 249 g/mol. The molecule has 0 spiro atoms. The normalized spacial score (nSPS) is 25.1. The Balaban J connectivity index is 2.90. The lowest BCUT2D eigenvalue weighted by atomic mass is 10.0. The number of amides is 1. The number of carbonyl (C=O) groups is 1. The number of rotatable bonds is 2. The van der Waals surface area contributed by atoms with E-state index in [1.807, 2.05) is 0 Å². The summed E-state index contributed by atoms with van der Waals surface area (Å²) in [5, 5.41) is 0. The van der Waals surface area contributed by atoms with Crippen LogP contribution in [-0.2, 0) is 4.79 Å². The molecule has 1 heterocycles. The van der Waals surface area contributed by atoms with Crippen LogP contribution in [0.2, 0.25) is 0 Å². The van der Waals surface area contributed by atoms with Gasteiger partial charge in [0, 0.05) is 13.5 Å². The van der Waals surface area contributed by atoms with Gasteiger partial charge in [0.2, 0.25) is 5.91 Å². The maximum absolute atomic E-state index is 13.2. The molecule has 2 unspecified atom stereocenters. The van der Waals surface area contributed by atoms with Crippen LogP contribution < -0.4 is 0 Å². The fourth-order valence-corrected chi connectivity index (χ4v) is 1.64. The molecular formula is C8H9F6NO. The first-order valence-electron chi connectivity index (χ1n) is 4.42. The summed E-state index contributed by atoms with van der Waals surface area (Å²) in [5.74, 6) is -5.32. The molecule has 1 amide bonds. The zero-order valence-electron chi connectivity index (χ0n) is 8.19. The third-order valence-electron chi connectivity index (χ3n) is 2.56. The molecule has 2 nitrogen and oxygen atoms in total. The summed E-state index contributed by atoms with van der Waals surface area (Å²) >= 11 is 0. The van der Waals surface area contributed by atoms with Crippen molar-refractivity contribution < 1.29 is 31.1 Å². The predicted octanol–water partition coefficient (Wildman–Crippen LogP) is 2.14. The lowest BCUT2D eigenvalue weighted by Crippen LogP contribution is -2.53. The van der Waals surface area contributed by atoms with Crippen LogP contribution in [-0.4, -0.2) is 42.2 Å². The van der Waals surface area contributed by atoms with Gasteiger partial charge in [-0.15, -0.1) is 0 Å². The van der Waals surface area contributed by atoms with Gasteiger partial charge in [-0.2, -0.15) is 13.2 Å². The van der Waals surface area contributed by atoms with Gasteiger partial charge in [-0.05, 0) is 6.42 Å². The molecule has 0 saturated carbocycles. The minimum Gasteiger partial charge on any atom is -0.337 e. The number of nitrogens with zero attached hydrogens (tertiary/aromatic N) is 1. The Hall–Kier alpha value is -0.950. The molecule has 8 heteroatoms. The quantitative estimate of drug-likeness (QED) is 0.686. The van der Waals surface area contributed by atoms with E-state index < -0.39 is 36.6 Å². The fraction of sp³-hybridized carbons (Fsp3) is 0.875. The molecule has 1 fully saturated rings. The van der Waals surface area contributed by atoms with Crippen LogP contribution in [0.15, 0.2) is 0 Å². The maximum Gasteiger partial charge on any atom is 0.425 e. The first kappa shape index (κ1) is 13.1. The van der Waals surface area contributed by atoms with Crippen molar-refractivity contribution in [2.75, 3.05) is 7.05 Å². The van der Waals surface area contributed by atoms with Gasteiger partial charge in [-0.25, -0.2) is 13.2 Å². The van der Waals surface area contributed by atoms with Gasteiger partial charge in [-0.1, -0.05) is 0 Å². The van der Waals surface area contributed by atoms with E-state index in [2.05, 4.69) is 0 Å². The zero-order valence-corrected chi connectivity index (χ0v) is 8.19. The average Bonchev–Trinajstić information content (AvgIpc) is 2.45. The highest BCUT2D eigenvalue weighted by Crippen LogP contribution is 2.41. The van der Waals surface area contributed by atoms with E-state index in [0.717, 1.165) is 7.05 Å². The molecular weight excluding hydrogens is 240 g/mol. The minimum absolute atomic E-state index is 0.290. The third kappa shape index (κ3) is 2.10. The second-order valence-corrected chi connectivity index (χ2v) is 3.64. The minimum atomic E-state index is -5.63. The molecule has 0 aromatic heterocycles. The lowest BCUT2D eigenvalue weighted by molar-refractivity contribution is -0.256. The summed E-state index contributed by atoms with van der Waals surface area (Å²) < 4.78 is 74.5. The Kier molecular flexibility index (Phi) is 3.13. The van der Waals surface area contributed by atoms with Crippen LogP contribution >= 0.6 is 0 Å². The Morgan fingerprint density at radius 3 is 2.12 bits per heavy atom. The summed E-state index contributed by atoms with van der Waals surface area (Å²) in [4.78, 5) is 11.4. The first-order valence-corrected chi connectivity index (χ1v) is 4.42. The van der Waals surface area contributed by atoms with E-state index in [1.54, 1.807) is 0 Å². The zero-order chi connectivity index (χ0) is 12.7. The molecule has 1 aliphatic heterocycles. The highest BCUT2D eigenvalue weighted by Gasteiger charge is 2.62. The van der Waals surface area contributed by atoms with Gasteiger partial charge < -0.3 is 4.90 Å². The van der Waals surface area contributed by atoms with E-state index in [4.69, 9.17) is 0 Å². The largest absolute Gasteiger partial charge is 0.425 e. The highest BCUT2D eigenvalue weighted by molar-refractivity contribution is 5.78. The summed E-state index contributed by atoms with van der Waals surface area (Å²) in [6, 6.07) is -2.03. The topological polar surface area (TPSA) is 20.3 Å². The van der Waals surface area contributed by atoms with Crippen molar-refractivity contribution in [2.45, 2.75) is 37.2 Å². The monoisotopic (exact) mass is 249 g/mol. The van der Waals surface area contributed by atoms with Gasteiger partial charge in [0.1, 0.15) is 0 Å². The van der Waals surface area contributed by atoms with Crippen LogP contribution in [0.5, 0.6) is 0 Å². The van der Waals surface area contributed by atoms with E-state index in [0.29, 0.717) is 4.90 Å². The van der Waals surface area contributed by atoms with Crippen molar-refractivity contribution in [1.82, 2.24) is 4.90 Å². The highest BCUT2D eigenvalue weighted by atomic mass is 19.4. The van der Waals surface area contributed by atoms with Crippen LogP contribution in [0.4, 0.5) is 26.3 Å². The van der Waals surface area contributed by atoms with Gasteiger partial charge in [-0.3, -0.25) is 4.79 Å². The molecule has 0 aromatic carbocycles. The lowest BCUT2D eigenvalue weighted by Gasteiger charge is -2.31. The van der Waals surface area contributed by atoms with Crippen molar-refractivity contribution in [1.29, 1.82) is 0 Å². The molecule has 2 atom stereocenters. The first-order chi connectivity index (χ1) is 7.08.